The van der Waals surface area contributed by atoms with Crippen molar-refractivity contribution in [3.63, 3.8) is 0 Å². The van der Waals surface area contributed by atoms with E-state index < -0.39 is 11.7 Å². The van der Waals surface area contributed by atoms with Crippen LogP contribution in [0.5, 0.6) is 0 Å². The Labute approximate surface area is 247 Å². The molecule has 1 aromatic heterocycles. The van der Waals surface area contributed by atoms with E-state index in [1.165, 1.54) is 20.9 Å². The third kappa shape index (κ3) is 7.39. The third-order valence-electron chi connectivity index (χ3n) is 7.39. The number of anilines is 1. The lowest BCUT2D eigenvalue weighted by molar-refractivity contribution is -0.151. The number of rotatable bonds is 10. The van der Waals surface area contributed by atoms with Crippen molar-refractivity contribution in [2.45, 2.75) is 60.2 Å². The van der Waals surface area contributed by atoms with Crippen molar-refractivity contribution in [1.29, 1.82) is 0 Å². The number of nitrogens with one attached hydrogen (secondary N) is 1. The molecule has 226 valence electrons. The molecule has 3 aromatic rings. The van der Waals surface area contributed by atoms with Gasteiger partial charge in [0.2, 0.25) is 5.91 Å². The van der Waals surface area contributed by atoms with Crippen LogP contribution in [0.1, 0.15) is 50.1 Å². The van der Waals surface area contributed by atoms with Gasteiger partial charge in [0.25, 0.3) is 5.91 Å². The van der Waals surface area contributed by atoms with Crippen LogP contribution < -0.4 is 5.32 Å². The lowest BCUT2D eigenvalue weighted by Gasteiger charge is -2.32. The predicted octanol–water partition coefficient (Wildman–Crippen LogP) is 4.33. The first-order valence-corrected chi connectivity index (χ1v) is 14.3. The average Bonchev–Trinajstić information content (AvgIpc) is 3.52. The van der Waals surface area contributed by atoms with Crippen molar-refractivity contribution in [3.8, 4) is 0 Å². The Bertz CT molecular complexity index is 1420. The molecule has 1 aliphatic heterocycles. The molecule has 11 heteroatoms. The first-order valence-electron chi connectivity index (χ1n) is 14.3. The molecule has 3 amide bonds. The number of likely N-dealkylation sites (N-methyl/N-ethyl adjacent to an activating group) is 2. The van der Waals surface area contributed by atoms with Crippen LogP contribution in [0.2, 0.25) is 0 Å². The maximum atomic E-state index is 13.6. The molecule has 0 saturated carbocycles. The topological polar surface area (TPSA) is 111 Å². The fourth-order valence-corrected chi connectivity index (χ4v) is 4.87. The zero-order valence-corrected chi connectivity index (χ0v) is 25.7. The molecule has 0 fully saturated rings. The van der Waals surface area contributed by atoms with Gasteiger partial charge in [-0.15, -0.1) is 0 Å². The lowest BCUT2D eigenvalue weighted by atomic mass is 10.1. The molecular weight excluding hydrogens is 536 g/mol. The zero-order valence-electron chi connectivity index (χ0n) is 25.7. The van der Waals surface area contributed by atoms with E-state index in [0.717, 1.165) is 22.3 Å². The van der Waals surface area contributed by atoms with Crippen molar-refractivity contribution in [1.82, 2.24) is 25.0 Å². The predicted molar refractivity (Wildman–Crippen MR) is 160 cm³/mol. The minimum Gasteiger partial charge on any atom is -0.444 e. The number of carbonyl (C=O) groups is 3. The van der Waals surface area contributed by atoms with E-state index in [-0.39, 0.29) is 38.0 Å². The average molecular weight is 579 g/mol. The highest BCUT2D eigenvalue weighted by Gasteiger charge is 2.28. The van der Waals surface area contributed by atoms with E-state index in [4.69, 9.17) is 9.26 Å². The monoisotopic (exact) mass is 578 g/mol. The van der Waals surface area contributed by atoms with Crippen LogP contribution >= 0.6 is 0 Å². The molecule has 2 aromatic carbocycles. The molecular formula is C31H42N6O5. The third-order valence-corrected chi connectivity index (χ3v) is 7.39. The highest BCUT2D eigenvalue weighted by Crippen LogP contribution is 2.26. The Morgan fingerprint density at radius 1 is 1.02 bits per heavy atom. The molecule has 0 bridgehead atoms. The van der Waals surface area contributed by atoms with Gasteiger partial charge in [-0.2, -0.15) is 0 Å². The molecule has 2 heterocycles. The van der Waals surface area contributed by atoms with Crippen LogP contribution in [-0.2, 0) is 27.4 Å². The molecule has 0 saturated heterocycles. The van der Waals surface area contributed by atoms with Gasteiger partial charge >= 0.3 is 6.09 Å². The number of amides is 3. The summed E-state index contributed by atoms with van der Waals surface area (Å²) < 4.78 is 10.9. The summed E-state index contributed by atoms with van der Waals surface area (Å²) in [5, 5.41) is 11.7. The molecule has 0 radical (unpaired) electrons. The SMILES string of the molecule is CCN(CCN(CC(=O)N(C)N1Cc2ccccc2C1)C(=O)CNc1cc2c(C)noc2cc1C)C(=O)OC(C)(C)C. The summed E-state index contributed by atoms with van der Waals surface area (Å²) in [7, 11) is 1.73. The van der Waals surface area contributed by atoms with E-state index in [9.17, 15) is 14.4 Å². The van der Waals surface area contributed by atoms with E-state index in [1.54, 1.807) is 12.1 Å². The Morgan fingerprint density at radius 3 is 2.29 bits per heavy atom. The van der Waals surface area contributed by atoms with E-state index in [1.807, 2.05) is 70.8 Å². The van der Waals surface area contributed by atoms with Crippen LogP contribution in [0.4, 0.5) is 10.5 Å². The Morgan fingerprint density at radius 2 is 1.67 bits per heavy atom. The van der Waals surface area contributed by atoms with Gasteiger partial charge in [0.05, 0.1) is 12.2 Å². The van der Waals surface area contributed by atoms with Crippen LogP contribution in [0.3, 0.4) is 0 Å². The number of hydrogen-bond donors (Lipinski definition) is 1. The van der Waals surface area contributed by atoms with Crippen molar-refractivity contribution >= 4 is 34.6 Å². The standard InChI is InChI=1S/C31H42N6O5/c1-8-35(30(40)41-31(4,5)6)13-14-36(20-29(39)34(7)37-18-23-11-9-10-12-24(23)19-37)28(38)17-32-26-16-25-22(3)33-42-27(25)15-21(26)2/h9-12,15-16,32H,8,13-14,17-20H2,1-7H3. The van der Waals surface area contributed by atoms with Crippen molar-refractivity contribution < 1.29 is 23.6 Å². The van der Waals surface area contributed by atoms with Crippen LogP contribution in [0.15, 0.2) is 40.9 Å². The molecule has 42 heavy (non-hydrogen) atoms. The number of ether oxygens (including phenoxy) is 1. The van der Waals surface area contributed by atoms with Crippen LogP contribution in [0, 0.1) is 13.8 Å². The Kier molecular flexibility index (Phi) is 9.40. The van der Waals surface area contributed by atoms with Crippen molar-refractivity contribution in [2.75, 3.05) is 45.1 Å². The highest BCUT2D eigenvalue weighted by atomic mass is 16.6. The van der Waals surface area contributed by atoms with E-state index in [2.05, 4.69) is 22.6 Å². The Balaban J connectivity index is 1.46. The summed E-state index contributed by atoms with van der Waals surface area (Å²) in [5.74, 6) is -0.475. The van der Waals surface area contributed by atoms with E-state index in [0.29, 0.717) is 25.2 Å². The molecule has 0 aliphatic carbocycles. The first kappa shape index (κ1) is 30.8. The summed E-state index contributed by atoms with van der Waals surface area (Å²) in [5.41, 5.74) is 4.86. The maximum absolute atomic E-state index is 13.6. The molecule has 0 spiro atoms. The number of fused-ring (bicyclic) bond motifs is 2. The molecule has 1 N–H and O–H groups in total. The van der Waals surface area contributed by atoms with Gasteiger partial charge in [-0.05, 0) is 70.4 Å². The maximum Gasteiger partial charge on any atom is 0.410 e. The summed E-state index contributed by atoms with van der Waals surface area (Å²) in [6.45, 7) is 13.0. The molecule has 11 nitrogen and oxygen atoms in total. The summed E-state index contributed by atoms with van der Waals surface area (Å²) in [4.78, 5) is 42.8. The van der Waals surface area contributed by atoms with Gasteiger partial charge < -0.3 is 24.4 Å². The van der Waals surface area contributed by atoms with Crippen molar-refractivity contribution in [3.05, 3.63) is 58.8 Å². The first-order chi connectivity index (χ1) is 19.9. The fourth-order valence-electron chi connectivity index (χ4n) is 4.87. The number of benzene rings is 2. The summed E-state index contributed by atoms with van der Waals surface area (Å²) >= 11 is 0. The quantitative estimate of drug-likeness (QED) is 0.379. The number of aromatic nitrogens is 1. The zero-order chi connectivity index (χ0) is 30.6. The molecule has 4 rings (SSSR count). The molecule has 0 unspecified atom stereocenters. The number of hydrogen-bond acceptors (Lipinski definition) is 8. The second-order valence-electron chi connectivity index (χ2n) is 11.7. The fraction of sp³-hybridized carbons (Fsp3) is 0.484. The Hall–Kier alpha value is -4.12. The molecule has 1 aliphatic rings. The largest absolute Gasteiger partial charge is 0.444 e. The number of aryl methyl sites for hydroxylation is 2. The van der Waals surface area contributed by atoms with Gasteiger partial charge in [0.15, 0.2) is 5.58 Å². The van der Waals surface area contributed by atoms with Crippen molar-refractivity contribution in [2.24, 2.45) is 0 Å². The van der Waals surface area contributed by atoms with E-state index >= 15 is 0 Å². The second-order valence-corrected chi connectivity index (χ2v) is 11.7. The summed E-state index contributed by atoms with van der Waals surface area (Å²) in [6.07, 6.45) is -0.457. The smallest absolute Gasteiger partial charge is 0.410 e. The molecule has 0 atom stereocenters. The lowest BCUT2D eigenvalue weighted by Crippen LogP contribution is -2.50. The van der Waals surface area contributed by atoms with Gasteiger partial charge in [-0.3, -0.25) is 14.6 Å². The number of hydrazine groups is 1. The highest BCUT2D eigenvalue weighted by molar-refractivity contribution is 5.89. The minimum absolute atomic E-state index is 0.0264. The van der Waals surface area contributed by atoms with Gasteiger partial charge in [-0.1, -0.05) is 29.4 Å². The second kappa shape index (κ2) is 12.8. The number of carbonyl (C=O) groups excluding carboxylic acids is 3. The van der Waals surface area contributed by atoms with Gasteiger partial charge in [0.1, 0.15) is 12.1 Å². The van der Waals surface area contributed by atoms with Crippen LogP contribution in [-0.4, -0.2) is 88.3 Å². The number of nitrogens with zero attached hydrogens (tertiary/aromatic N) is 5. The summed E-state index contributed by atoms with van der Waals surface area (Å²) in [6, 6.07) is 11.9. The van der Waals surface area contributed by atoms with Gasteiger partial charge in [0, 0.05) is 50.8 Å². The van der Waals surface area contributed by atoms with Gasteiger partial charge in [-0.25, -0.2) is 9.80 Å². The minimum atomic E-state index is -0.641. The normalized spacial score (nSPS) is 13.1. The van der Waals surface area contributed by atoms with Crippen LogP contribution in [0.25, 0.3) is 11.0 Å².